The number of nitrogens with zero attached hydrogens (tertiary/aromatic N) is 2. The first-order chi connectivity index (χ1) is 11.3. The minimum absolute atomic E-state index is 0.107. The van der Waals surface area contributed by atoms with Gasteiger partial charge in [0.1, 0.15) is 17.8 Å². The zero-order valence-corrected chi connectivity index (χ0v) is 12.9. The Bertz CT molecular complexity index is 672. The standard InChI is InChI=1S/C15H17N3O6/c1-8(13(20)18-6-2-3-11(18)15(23)24)17-12(19)9-4-5-10(14(21)22)16-7-9/h4-5,7-8,11H,2-3,6H2,1H3,(H,17,19)(H,21,22)(H,23,24)/t8-,11-/m0/s1. The predicted octanol–water partition coefficient (Wildman–Crippen LogP) is -0.0263. The van der Waals surface area contributed by atoms with E-state index in [9.17, 15) is 19.2 Å². The summed E-state index contributed by atoms with van der Waals surface area (Å²) in [5, 5.41) is 20.3. The van der Waals surface area contributed by atoms with E-state index >= 15 is 0 Å². The van der Waals surface area contributed by atoms with Crippen molar-refractivity contribution in [3.8, 4) is 0 Å². The van der Waals surface area contributed by atoms with E-state index < -0.39 is 35.8 Å². The number of rotatable bonds is 5. The van der Waals surface area contributed by atoms with E-state index in [-0.39, 0.29) is 11.3 Å². The van der Waals surface area contributed by atoms with Crippen LogP contribution in [0.4, 0.5) is 0 Å². The van der Waals surface area contributed by atoms with Crippen molar-refractivity contribution in [1.82, 2.24) is 15.2 Å². The van der Waals surface area contributed by atoms with Crippen LogP contribution in [0.25, 0.3) is 0 Å². The van der Waals surface area contributed by atoms with E-state index in [1.807, 2.05) is 0 Å². The molecule has 1 aliphatic heterocycles. The quantitative estimate of drug-likeness (QED) is 0.687. The second-order valence-electron chi connectivity index (χ2n) is 5.46. The summed E-state index contributed by atoms with van der Waals surface area (Å²) in [7, 11) is 0. The number of amides is 2. The van der Waals surface area contributed by atoms with Crippen LogP contribution in [0, 0.1) is 0 Å². The van der Waals surface area contributed by atoms with Crippen molar-refractivity contribution in [3.63, 3.8) is 0 Å². The molecule has 1 aliphatic rings. The fourth-order valence-corrected chi connectivity index (χ4v) is 2.53. The fraction of sp³-hybridized carbons (Fsp3) is 0.400. The molecule has 24 heavy (non-hydrogen) atoms. The molecule has 128 valence electrons. The van der Waals surface area contributed by atoms with Gasteiger partial charge in [-0.3, -0.25) is 9.59 Å². The Morgan fingerprint density at radius 1 is 1.29 bits per heavy atom. The fourth-order valence-electron chi connectivity index (χ4n) is 2.53. The van der Waals surface area contributed by atoms with Gasteiger partial charge in [-0.25, -0.2) is 14.6 Å². The Hall–Kier alpha value is -2.97. The van der Waals surface area contributed by atoms with Gasteiger partial charge in [-0.15, -0.1) is 0 Å². The second-order valence-corrected chi connectivity index (χ2v) is 5.46. The van der Waals surface area contributed by atoms with Crippen LogP contribution < -0.4 is 5.32 Å². The van der Waals surface area contributed by atoms with Crippen LogP contribution in [-0.4, -0.2) is 62.5 Å². The minimum Gasteiger partial charge on any atom is -0.480 e. The molecule has 0 saturated carbocycles. The van der Waals surface area contributed by atoms with Crippen molar-refractivity contribution in [2.45, 2.75) is 31.8 Å². The summed E-state index contributed by atoms with van der Waals surface area (Å²) >= 11 is 0. The van der Waals surface area contributed by atoms with Crippen LogP contribution in [0.2, 0.25) is 0 Å². The van der Waals surface area contributed by atoms with Gasteiger partial charge in [0, 0.05) is 12.7 Å². The first-order valence-corrected chi connectivity index (χ1v) is 7.34. The van der Waals surface area contributed by atoms with Crippen LogP contribution in [-0.2, 0) is 9.59 Å². The van der Waals surface area contributed by atoms with Gasteiger partial charge in [0.15, 0.2) is 0 Å². The summed E-state index contributed by atoms with van der Waals surface area (Å²) in [6.45, 7) is 1.81. The van der Waals surface area contributed by atoms with E-state index in [1.54, 1.807) is 0 Å². The Morgan fingerprint density at radius 3 is 2.54 bits per heavy atom. The highest BCUT2D eigenvalue weighted by atomic mass is 16.4. The van der Waals surface area contributed by atoms with Gasteiger partial charge in [-0.2, -0.15) is 0 Å². The molecule has 2 atom stereocenters. The van der Waals surface area contributed by atoms with Crippen molar-refractivity contribution in [2.75, 3.05) is 6.54 Å². The Morgan fingerprint density at radius 2 is 2.00 bits per heavy atom. The molecule has 1 fully saturated rings. The highest BCUT2D eigenvalue weighted by molar-refractivity contribution is 5.98. The molecule has 0 aromatic carbocycles. The van der Waals surface area contributed by atoms with E-state index in [1.165, 1.54) is 24.0 Å². The average Bonchev–Trinajstić information content (AvgIpc) is 3.03. The first kappa shape index (κ1) is 17.4. The Kier molecular flexibility index (Phi) is 5.12. The molecule has 9 heteroatoms. The number of aromatic nitrogens is 1. The molecule has 2 heterocycles. The summed E-state index contributed by atoms with van der Waals surface area (Å²) in [5.41, 5.74) is -0.0899. The smallest absolute Gasteiger partial charge is 0.354 e. The third kappa shape index (κ3) is 3.67. The summed E-state index contributed by atoms with van der Waals surface area (Å²) in [4.78, 5) is 51.1. The lowest BCUT2D eigenvalue weighted by atomic mass is 10.2. The molecular weight excluding hydrogens is 318 g/mol. The number of hydrogen-bond donors (Lipinski definition) is 3. The maximum absolute atomic E-state index is 12.3. The zero-order chi connectivity index (χ0) is 17.9. The minimum atomic E-state index is -1.21. The summed E-state index contributed by atoms with van der Waals surface area (Å²) in [6.07, 6.45) is 2.10. The van der Waals surface area contributed by atoms with Crippen molar-refractivity contribution in [2.24, 2.45) is 0 Å². The number of carboxylic acids is 2. The maximum atomic E-state index is 12.3. The first-order valence-electron chi connectivity index (χ1n) is 7.34. The number of aromatic carboxylic acids is 1. The summed E-state index contributed by atoms with van der Waals surface area (Å²) in [5.74, 6) is -3.33. The van der Waals surface area contributed by atoms with Crippen molar-refractivity contribution in [1.29, 1.82) is 0 Å². The number of nitrogens with one attached hydrogen (secondary N) is 1. The van der Waals surface area contributed by atoms with E-state index in [2.05, 4.69) is 10.3 Å². The molecule has 0 bridgehead atoms. The van der Waals surface area contributed by atoms with Gasteiger partial charge in [0.25, 0.3) is 5.91 Å². The largest absolute Gasteiger partial charge is 0.480 e. The molecule has 2 amide bonds. The number of pyridine rings is 1. The second kappa shape index (κ2) is 7.07. The number of aliphatic carboxylic acids is 1. The van der Waals surface area contributed by atoms with Gasteiger partial charge in [-0.1, -0.05) is 0 Å². The molecule has 1 aromatic heterocycles. The topological polar surface area (TPSA) is 137 Å². The number of carboxylic acid groups (broad SMARTS) is 2. The third-order valence-electron chi connectivity index (χ3n) is 3.78. The van der Waals surface area contributed by atoms with Gasteiger partial charge < -0.3 is 20.4 Å². The molecule has 0 aliphatic carbocycles. The SMILES string of the molecule is C[C@H](NC(=O)c1ccc(C(=O)O)nc1)C(=O)N1CCC[C@H]1C(=O)O. The molecule has 1 saturated heterocycles. The Labute approximate surface area is 137 Å². The molecule has 9 nitrogen and oxygen atoms in total. The molecular formula is C15H17N3O6. The normalized spacial score (nSPS) is 18.0. The zero-order valence-electron chi connectivity index (χ0n) is 12.9. The molecule has 3 N–H and O–H groups in total. The Balaban J connectivity index is 2.01. The lowest BCUT2D eigenvalue weighted by Gasteiger charge is -2.25. The van der Waals surface area contributed by atoms with E-state index in [4.69, 9.17) is 10.2 Å². The van der Waals surface area contributed by atoms with Crippen molar-refractivity contribution in [3.05, 3.63) is 29.6 Å². The number of carbonyl (C=O) groups excluding carboxylic acids is 2. The van der Waals surface area contributed by atoms with Crippen LogP contribution in [0.5, 0.6) is 0 Å². The van der Waals surface area contributed by atoms with Crippen LogP contribution in [0.15, 0.2) is 18.3 Å². The van der Waals surface area contributed by atoms with E-state index in [0.29, 0.717) is 19.4 Å². The molecule has 1 aromatic rings. The van der Waals surface area contributed by atoms with Crippen LogP contribution in [0.3, 0.4) is 0 Å². The number of hydrogen-bond acceptors (Lipinski definition) is 5. The lowest BCUT2D eigenvalue weighted by molar-refractivity contribution is -0.148. The number of carbonyl (C=O) groups is 4. The van der Waals surface area contributed by atoms with Gasteiger partial charge in [-0.05, 0) is 31.9 Å². The van der Waals surface area contributed by atoms with Crippen LogP contribution >= 0.6 is 0 Å². The average molecular weight is 335 g/mol. The third-order valence-corrected chi connectivity index (χ3v) is 3.78. The predicted molar refractivity (Wildman–Crippen MR) is 80.5 cm³/mol. The summed E-state index contributed by atoms with van der Waals surface area (Å²) in [6, 6.07) is 0.703. The highest BCUT2D eigenvalue weighted by Gasteiger charge is 2.36. The van der Waals surface area contributed by atoms with Gasteiger partial charge in [0.2, 0.25) is 5.91 Å². The molecule has 2 rings (SSSR count). The molecule has 0 unspecified atom stereocenters. The monoisotopic (exact) mass is 335 g/mol. The van der Waals surface area contributed by atoms with Crippen LogP contribution in [0.1, 0.15) is 40.6 Å². The highest BCUT2D eigenvalue weighted by Crippen LogP contribution is 2.18. The van der Waals surface area contributed by atoms with Gasteiger partial charge >= 0.3 is 11.9 Å². The van der Waals surface area contributed by atoms with Gasteiger partial charge in [0.05, 0.1) is 5.56 Å². The summed E-state index contributed by atoms with van der Waals surface area (Å²) < 4.78 is 0. The van der Waals surface area contributed by atoms with Crippen molar-refractivity contribution >= 4 is 23.8 Å². The molecule has 0 radical (unpaired) electrons. The van der Waals surface area contributed by atoms with E-state index in [0.717, 1.165) is 6.20 Å². The lowest BCUT2D eigenvalue weighted by Crippen LogP contribution is -2.50. The number of likely N-dealkylation sites (tertiary alicyclic amines) is 1. The molecule has 0 spiro atoms. The maximum Gasteiger partial charge on any atom is 0.354 e. The van der Waals surface area contributed by atoms with Crippen molar-refractivity contribution < 1.29 is 29.4 Å².